The topological polar surface area (TPSA) is 56.5 Å². The van der Waals surface area contributed by atoms with Crippen LogP contribution in [0.2, 0.25) is 0 Å². The van der Waals surface area contributed by atoms with Gasteiger partial charge in [-0.3, -0.25) is 9.59 Å². The van der Waals surface area contributed by atoms with Gasteiger partial charge in [0.25, 0.3) is 0 Å². The molecule has 1 saturated carbocycles. The number of esters is 1. The van der Waals surface area contributed by atoms with Crippen LogP contribution in [0, 0.1) is 5.92 Å². The van der Waals surface area contributed by atoms with E-state index in [2.05, 4.69) is 0 Å². The van der Waals surface area contributed by atoms with Crippen molar-refractivity contribution in [1.82, 2.24) is 0 Å². The third-order valence-electron chi connectivity index (χ3n) is 2.51. The summed E-state index contributed by atoms with van der Waals surface area (Å²) in [6.45, 7) is 2.19. The highest BCUT2D eigenvalue weighted by Gasteiger charge is 2.47. The van der Waals surface area contributed by atoms with Crippen LogP contribution in [0.1, 0.15) is 35.6 Å². The molecule has 1 aliphatic carbocycles. The molecule has 0 unspecified atom stereocenters. The molecule has 80 valence electrons. The van der Waals surface area contributed by atoms with E-state index in [9.17, 15) is 9.59 Å². The maximum atomic E-state index is 11.3. The number of carbonyl (C=O) groups is 2. The molecular weight excluding hydrogens is 196 g/mol. The molecular formula is C11H12O4. The van der Waals surface area contributed by atoms with E-state index < -0.39 is 0 Å². The number of furan rings is 1. The highest BCUT2D eigenvalue weighted by Crippen LogP contribution is 2.48. The minimum atomic E-state index is -0.174. The van der Waals surface area contributed by atoms with Gasteiger partial charge in [0.15, 0.2) is 12.0 Å². The highest BCUT2D eigenvalue weighted by atomic mass is 16.5. The number of ether oxygens (including phenoxy) is 1. The first-order chi connectivity index (χ1) is 7.26. The van der Waals surface area contributed by atoms with Crippen LogP contribution in [0.15, 0.2) is 16.5 Å². The smallest absolute Gasteiger partial charge is 0.309 e. The summed E-state index contributed by atoms with van der Waals surface area (Å²) in [5.41, 5.74) is 0. The number of aldehydes is 1. The molecule has 4 nitrogen and oxygen atoms in total. The van der Waals surface area contributed by atoms with Crippen molar-refractivity contribution in [3.63, 3.8) is 0 Å². The van der Waals surface area contributed by atoms with Crippen molar-refractivity contribution in [2.24, 2.45) is 5.92 Å². The van der Waals surface area contributed by atoms with Crippen molar-refractivity contribution in [2.75, 3.05) is 6.61 Å². The maximum absolute atomic E-state index is 11.3. The van der Waals surface area contributed by atoms with Crippen LogP contribution in [0.4, 0.5) is 0 Å². The van der Waals surface area contributed by atoms with Crippen LogP contribution in [0.25, 0.3) is 0 Å². The first-order valence-electron chi connectivity index (χ1n) is 4.97. The summed E-state index contributed by atoms with van der Waals surface area (Å²) in [6, 6.07) is 3.36. The molecule has 0 radical (unpaired) electrons. The lowest BCUT2D eigenvalue weighted by Crippen LogP contribution is -2.06. The van der Waals surface area contributed by atoms with Crippen molar-refractivity contribution in [2.45, 2.75) is 19.3 Å². The van der Waals surface area contributed by atoms with Gasteiger partial charge in [0.1, 0.15) is 5.76 Å². The Balaban J connectivity index is 1.98. The van der Waals surface area contributed by atoms with Crippen LogP contribution >= 0.6 is 0 Å². The van der Waals surface area contributed by atoms with Gasteiger partial charge >= 0.3 is 5.97 Å². The van der Waals surface area contributed by atoms with E-state index in [1.165, 1.54) is 0 Å². The van der Waals surface area contributed by atoms with Gasteiger partial charge in [-0.15, -0.1) is 0 Å². The first kappa shape index (κ1) is 9.96. The van der Waals surface area contributed by atoms with Gasteiger partial charge in [-0.05, 0) is 25.5 Å². The van der Waals surface area contributed by atoms with Gasteiger partial charge in [0.2, 0.25) is 0 Å². The van der Waals surface area contributed by atoms with Crippen molar-refractivity contribution < 1.29 is 18.7 Å². The molecule has 1 aromatic heterocycles. The third-order valence-corrected chi connectivity index (χ3v) is 2.51. The Bertz CT molecular complexity index is 380. The lowest BCUT2D eigenvalue weighted by atomic mass is 10.2. The van der Waals surface area contributed by atoms with E-state index in [1.807, 2.05) is 0 Å². The summed E-state index contributed by atoms with van der Waals surface area (Å²) in [5.74, 6) is 0.842. The molecule has 0 aromatic carbocycles. The molecule has 15 heavy (non-hydrogen) atoms. The Kier molecular flexibility index (Phi) is 2.58. The zero-order valence-corrected chi connectivity index (χ0v) is 8.43. The highest BCUT2D eigenvalue weighted by molar-refractivity contribution is 5.77. The number of rotatable bonds is 4. The molecule has 0 saturated heterocycles. The van der Waals surface area contributed by atoms with E-state index in [0.29, 0.717) is 24.4 Å². The zero-order chi connectivity index (χ0) is 10.8. The standard InChI is InChI=1S/C11H12O4/c1-2-14-11(13)9-5-8(9)10-4-3-7(6-12)15-10/h3-4,6,8-9H,2,5H2,1H3/t8-,9-/m0/s1. The Morgan fingerprint density at radius 2 is 2.47 bits per heavy atom. The van der Waals surface area contributed by atoms with Crippen molar-refractivity contribution in [3.05, 3.63) is 23.7 Å². The van der Waals surface area contributed by atoms with Gasteiger partial charge in [0.05, 0.1) is 12.5 Å². The monoisotopic (exact) mass is 208 g/mol. The zero-order valence-electron chi connectivity index (χ0n) is 8.43. The van der Waals surface area contributed by atoms with E-state index in [0.717, 1.165) is 6.42 Å². The third kappa shape index (κ3) is 1.93. The van der Waals surface area contributed by atoms with Gasteiger partial charge in [-0.1, -0.05) is 0 Å². The molecule has 0 spiro atoms. The number of carbonyl (C=O) groups excluding carboxylic acids is 2. The maximum Gasteiger partial charge on any atom is 0.309 e. The summed E-state index contributed by atoms with van der Waals surface area (Å²) < 4.78 is 10.1. The van der Waals surface area contributed by atoms with Crippen molar-refractivity contribution >= 4 is 12.3 Å². The summed E-state index contributed by atoms with van der Waals surface area (Å²) in [5, 5.41) is 0. The van der Waals surface area contributed by atoms with Crippen LogP contribution in [0.5, 0.6) is 0 Å². The minimum absolute atomic E-state index is 0.0874. The lowest BCUT2D eigenvalue weighted by molar-refractivity contribution is -0.144. The summed E-state index contributed by atoms with van der Waals surface area (Å²) in [4.78, 5) is 21.7. The molecule has 0 amide bonds. The van der Waals surface area contributed by atoms with E-state index in [4.69, 9.17) is 9.15 Å². The molecule has 2 atom stereocenters. The fourth-order valence-electron chi connectivity index (χ4n) is 1.65. The lowest BCUT2D eigenvalue weighted by Gasteiger charge is -1.98. The van der Waals surface area contributed by atoms with Crippen LogP contribution in [0.3, 0.4) is 0 Å². The second-order valence-electron chi connectivity index (χ2n) is 3.56. The average molecular weight is 208 g/mol. The first-order valence-corrected chi connectivity index (χ1v) is 4.97. The molecule has 1 heterocycles. The molecule has 0 N–H and O–H groups in total. The predicted octanol–water partition coefficient (Wildman–Crippen LogP) is 1.76. The molecule has 0 aliphatic heterocycles. The molecule has 1 aliphatic rings. The fraction of sp³-hybridized carbons (Fsp3) is 0.455. The van der Waals surface area contributed by atoms with E-state index in [1.54, 1.807) is 19.1 Å². The molecule has 1 aromatic rings. The van der Waals surface area contributed by atoms with Crippen LogP contribution < -0.4 is 0 Å². The van der Waals surface area contributed by atoms with Crippen molar-refractivity contribution in [3.8, 4) is 0 Å². The van der Waals surface area contributed by atoms with Gasteiger partial charge < -0.3 is 9.15 Å². The molecule has 2 rings (SSSR count). The van der Waals surface area contributed by atoms with Gasteiger partial charge in [-0.2, -0.15) is 0 Å². The average Bonchev–Trinajstić information content (AvgIpc) is 2.90. The Morgan fingerprint density at radius 3 is 3.07 bits per heavy atom. The predicted molar refractivity (Wildman–Crippen MR) is 51.6 cm³/mol. The Labute approximate surface area is 87.2 Å². The van der Waals surface area contributed by atoms with E-state index >= 15 is 0 Å². The summed E-state index contributed by atoms with van der Waals surface area (Å²) in [7, 11) is 0. The quantitative estimate of drug-likeness (QED) is 0.558. The fourth-order valence-corrected chi connectivity index (χ4v) is 1.65. The van der Waals surface area contributed by atoms with Crippen molar-refractivity contribution in [1.29, 1.82) is 0 Å². The largest absolute Gasteiger partial charge is 0.466 e. The van der Waals surface area contributed by atoms with Crippen LogP contribution in [-0.2, 0) is 9.53 Å². The molecule has 1 fully saturated rings. The SMILES string of the molecule is CCOC(=O)[C@H]1C[C@@H]1c1ccc(C=O)o1. The molecule has 0 bridgehead atoms. The number of hydrogen-bond acceptors (Lipinski definition) is 4. The van der Waals surface area contributed by atoms with Gasteiger partial charge in [0, 0.05) is 5.92 Å². The summed E-state index contributed by atoms with van der Waals surface area (Å²) >= 11 is 0. The Hall–Kier alpha value is -1.58. The molecule has 4 heteroatoms. The minimum Gasteiger partial charge on any atom is -0.466 e. The normalized spacial score (nSPS) is 23.5. The number of hydrogen-bond donors (Lipinski definition) is 0. The van der Waals surface area contributed by atoms with E-state index in [-0.39, 0.29) is 17.8 Å². The Morgan fingerprint density at radius 1 is 1.67 bits per heavy atom. The second kappa shape index (κ2) is 3.88. The van der Waals surface area contributed by atoms with Gasteiger partial charge in [-0.25, -0.2) is 0 Å². The second-order valence-corrected chi connectivity index (χ2v) is 3.56. The van der Waals surface area contributed by atoms with Crippen LogP contribution in [-0.4, -0.2) is 18.9 Å². The summed E-state index contributed by atoms with van der Waals surface area (Å²) in [6.07, 6.45) is 1.41.